The van der Waals surface area contributed by atoms with Crippen molar-refractivity contribution in [2.45, 2.75) is 24.8 Å². The van der Waals surface area contributed by atoms with E-state index in [0.717, 1.165) is 19.3 Å². The Labute approximate surface area is 110 Å². The van der Waals surface area contributed by atoms with Crippen molar-refractivity contribution >= 4 is 11.6 Å². The summed E-state index contributed by atoms with van der Waals surface area (Å²) in [4.78, 5) is 16.0. The van der Waals surface area contributed by atoms with Gasteiger partial charge in [0.1, 0.15) is 0 Å². The first kappa shape index (κ1) is 11.9. The summed E-state index contributed by atoms with van der Waals surface area (Å²) in [6.07, 6.45) is 2.70. The summed E-state index contributed by atoms with van der Waals surface area (Å²) in [6.45, 7) is 0. The van der Waals surface area contributed by atoms with Gasteiger partial charge >= 0.3 is 11.8 Å². The molecule has 0 saturated heterocycles. The minimum Gasteiger partial charge on any atom is -0.328 e. The Morgan fingerprint density at radius 1 is 1.32 bits per heavy atom. The zero-order valence-electron chi connectivity index (χ0n) is 10.3. The van der Waals surface area contributed by atoms with E-state index < -0.39 is 11.4 Å². The monoisotopic (exact) mass is 258 g/mol. The van der Waals surface area contributed by atoms with Crippen LogP contribution in [-0.4, -0.2) is 16.0 Å². The number of aromatic nitrogens is 2. The van der Waals surface area contributed by atoms with Gasteiger partial charge in [-0.15, -0.1) is 0 Å². The van der Waals surface area contributed by atoms with E-state index in [1.54, 1.807) is 12.1 Å². The number of benzene rings is 1. The highest BCUT2D eigenvalue weighted by Crippen LogP contribution is 2.36. The Bertz CT molecular complexity index is 590. The molecule has 3 N–H and O–H groups in total. The maximum Gasteiger partial charge on any atom is 0.316 e. The molecule has 3 rings (SSSR count). The molecule has 0 unspecified atom stereocenters. The Hall–Kier alpha value is -2.21. The van der Waals surface area contributed by atoms with Crippen LogP contribution in [0.3, 0.4) is 0 Å². The van der Waals surface area contributed by atoms with Gasteiger partial charge in [0, 0.05) is 5.69 Å². The summed E-state index contributed by atoms with van der Waals surface area (Å²) in [5.41, 5.74) is 6.23. The Morgan fingerprint density at radius 3 is 2.68 bits per heavy atom. The van der Waals surface area contributed by atoms with E-state index in [2.05, 4.69) is 15.5 Å². The number of nitrogens with two attached hydrogens (primary N) is 1. The Balaban J connectivity index is 1.74. The van der Waals surface area contributed by atoms with Gasteiger partial charge in [-0.05, 0) is 31.4 Å². The predicted molar refractivity (Wildman–Crippen MR) is 68.4 cm³/mol. The van der Waals surface area contributed by atoms with Crippen LogP contribution in [0.25, 0.3) is 0 Å². The van der Waals surface area contributed by atoms with Crippen LogP contribution in [0.4, 0.5) is 5.69 Å². The molecule has 0 spiro atoms. The molecule has 6 heteroatoms. The number of carbonyl (C=O) groups excluding carboxylic acids is 1. The van der Waals surface area contributed by atoms with E-state index in [1.807, 2.05) is 18.2 Å². The fourth-order valence-electron chi connectivity index (χ4n) is 2.01. The van der Waals surface area contributed by atoms with Gasteiger partial charge in [-0.3, -0.25) is 4.79 Å². The molecular formula is C13H14N4O2. The Morgan fingerprint density at radius 2 is 2.05 bits per heavy atom. The molecule has 1 aliphatic rings. The predicted octanol–water partition coefficient (Wildman–Crippen LogP) is 1.66. The molecule has 0 bridgehead atoms. The minimum atomic E-state index is -0.519. The molecule has 2 aromatic rings. The molecular weight excluding hydrogens is 244 g/mol. The van der Waals surface area contributed by atoms with Gasteiger partial charge in [0.2, 0.25) is 0 Å². The standard InChI is InChI=1S/C13H14N4O2/c14-13(7-4-8-13)12-16-11(19-17-12)10(18)15-9-5-2-1-3-6-9/h1-3,5-6H,4,7-8,14H2,(H,15,18). The fourth-order valence-corrected chi connectivity index (χ4v) is 2.01. The van der Waals surface area contributed by atoms with Gasteiger partial charge < -0.3 is 15.6 Å². The van der Waals surface area contributed by atoms with Gasteiger partial charge in [-0.2, -0.15) is 4.98 Å². The average molecular weight is 258 g/mol. The lowest BCUT2D eigenvalue weighted by molar-refractivity contribution is 0.0981. The molecule has 1 aromatic heterocycles. The van der Waals surface area contributed by atoms with Crippen LogP contribution in [0.2, 0.25) is 0 Å². The van der Waals surface area contributed by atoms with Crippen LogP contribution in [0.15, 0.2) is 34.9 Å². The van der Waals surface area contributed by atoms with E-state index in [4.69, 9.17) is 10.3 Å². The van der Waals surface area contributed by atoms with Crippen molar-refractivity contribution in [2.75, 3.05) is 5.32 Å². The molecule has 19 heavy (non-hydrogen) atoms. The van der Waals surface area contributed by atoms with Crippen molar-refractivity contribution in [1.82, 2.24) is 10.1 Å². The first-order chi connectivity index (χ1) is 9.17. The second kappa shape index (κ2) is 4.47. The molecule has 1 saturated carbocycles. The van der Waals surface area contributed by atoms with Crippen molar-refractivity contribution in [3.8, 4) is 0 Å². The highest BCUT2D eigenvalue weighted by molar-refractivity contribution is 6.00. The first-order valence-corrected chi connectivity index (χ1v) is 6.17. The van der Waals surface area contributed by atoms with Gasteiger partial charge in [-0.25, -0.2) is 0 Å². The van der Waals surface area contributed by atoms with Gasteiger partial charge in [0.15, 0.2) is 5.82 Å². The smallest absolute Gasteiger partial charge is 0.316 e. The molecule has 1 fully saturated rings. The summed E-state index contributed by atoms with van der Waals surface area (Å²) < 4.78 is 4.97. The van der Waals surface area contributed by atoms with Crippen LogP contribution in [0, 0.1) is 0 Å². The zero-order valence-corrected chi connectivity index (χ0v) is 10.3. The van der Waals surface area contributed by atoms with Gasteiger partial charge in [-0.1, -0.05) is 23.4 Å². The third-order valence-electron chi connectivity index (χ3n) is 3.34. The summed E-state index contributed by atoms with van der Waals surface area (Å²) in [6, 6.07) is 9.10. The van der Waals surface area contributed by atoms with E-state index in [-0.39, 0.29) is 5.89 Å². The van der Waals surface area contributed by atoms with Gasteiger partial charge in [0.25, 0.3) is 0 Å². The van der Waals surface area contributed by atoms with E-state index >= 15 is 0 Å². The highest BCUT2D eigenvalue weighted by atomic mass is 16.5. The molecule has 6 nitrogen and oxygen atoms in total. The van der Waals surface area contributed by atoms with Crippen LogP contribution in [-0.2, 0) is 5.54 Å². The number of anilines is 1. The van der Waals surface area contributed by atoms with Crippen LogP contribution < -0.4 is 11.1 Å². The van der Waals surface area contributed by atoms with Crippen molar-refractivity contribution in [3.63, 3.8) is 0 Å². The normalized spacial score (nSPS) is 16.7. The van der Waals surface area contributed by atoms with Crippen molar-refractivity contribution in [1.29, 1.82) is 0 Å². The molecule has 0 radical (unpaired) electrons. The molecule has 1 heterocycles. The maximum absolute atomic E-state index is 11.9. The molecule has 1 aliphatic carbocycles. The van der Waals surface area contributed by atoms with Crippen molar-refractivity contribution < 1.29 is 9.32 Å². The largest absolute Gasteiger partial charge is 0.328 e. The SMILES string of the molecule is NC1(c2noc(C(=O)Nc3ccccc3)n2)CCC1. The number of carbonyl (C=O) groups is 1. The summed E-state index contributed by atoms with van der Waals surface area (Å²) in [7, 11) is 0. The maximum atomic E-state index is 11.9. The highest BCUT2D eigenvalue weighted by Gasteiger charge is 2.39. The number of amides is 1. The Kier molecular flexibility index (Phi) is 2.79. The average Bonchev–Trinajstić information content (AvgIpc) is 2.87. The van der Waals surface area contributed by atoms with Crippen molar-refractivity contribution in [2.24, 2.45) is 5.73 Å². The third kappa shape index (κ3) is 2.22. The number of rotatable bonds is 3. The minimum absolute atomic E-state index is 0.0596. The lowest BCUT2D eigenvalue weighted by Crippen LogP contribution is -2.44. The van der Waals surface area contributed by atoms with Crippen LogP contribution in [0.5, 0.6) is 0 Å². The summed E-state index contributed by atoms with van der Waals surface area (Å²) >= 11 is 0. The molecule has 0 aliphatic heterocycles. The summed E-state index contributed by atoms with van der Waals surface area (Å²) in [5.74, 6) is -0.0691. The van der Waals surface area contributed by atoms with E-state index in [9.17, 15) is 4.79 Å². The number of nitrogens with one attached hydrogen (secondary N) is 1. The summed E-state index contributed by atoms with van der Waals surface area (Å²) in [5, 5.41) is 6.48. The molecule has 98 valence electrons. The second-order valence-electron chi connectivity index (χ2n) is 4.75. The fraction of sp³-hybridized carbons (Fsp3) is 0.308. The van der Waals surface area contributed by atoms with Gasteiger partial charge in [0.05, 0.1) is 5.54 Å². The van der Waals surface area contributed by atoms with E-state index in [0.29, 0.717) is 11.5 Å². The molecule has 1 aromatic carbocycles. The zero-order chi connectivity index (χ0) is 13.3. The topological polar surface area (TPSA) is 94.0 Å². The molecule has 0 atom stereocenters. The first-order valence-electron chi connectivity index (χ1n) is 6.17. The number of hydrogen-bond acceptors (Lipinski definition) is 5. The van der Waals surface area contributed by atoms with Crippen LogP contribution in [0.1, 0.15) is 35.8 Å². The molecule has 1 amide bonds. The number of hydrogen-bond donors (Lipinski definition) is 2. The lowest BCUT2D eigenvalue weighted by Gasteiger charge is -2.34. The van der Waals surface area contributed by atoms with Crippen LogP contribution >= 0.6 is 0 Å². The third-order valence-corrected chi connectivity index (χ3v) is 3.34. The van der Waals surface area contributed by atoms with E-state index in [1.165, 1.54) is 0 Å². The number of nitrogens with zero attached hydrogens (tertiary/aromatic N) is 2. The second-order valence-corrected chi connectivity index (χ2v) is 4.75. The number of para-hydroxylation sites is 1. The lowest BCUT2D eigenvalue weighted by atomic mass is 9.77. The quantitative estimate of drug-likeness (QED) is 0.873. The van der Waals surface area contributed by atoms with Crippen molar-refractivity contribution in [3.05, 3.63) is 42.0 Å².